The summed E-state index contributed by atoms with van der Waals surface area (Å²) < 4.78 is 0.764. The number of halogens is 1. The van der Waals surface area contributed by atoms with Crippen molar-refractivity contribution in [3.8, 4) is 5.75 Å². The molecule has 1 aromatic carbocycles. The Morgan fingerprint density at radius 3 is 3.00 bits per heavy atom. The summed E-state index contributed by atoms with van der Waals surface area (Å²) in [6, 6.07) is 5.11. The zero-order valence-electron chi connectivity index (χ0n) is 9.61. The third-order valence-corrected chi connectivity index (χ3v) is 3.45. The highest BCUT2D eigenvalue weighted by Gasteiger charge is 2.25. The normalized spacial score (nSPS) is 20.4. The lowest BCUT2D eigenvalue weighted by molar-refractivity contribution is 0.0652. The first-order valence-corrected chi connectivity index (χ1v) is 6.39. The third kappa shape index (κ3) is 2.61. The lowest BCUT2D eigenvalue weighted by Crippen LogP contribution is -2.52. The number of hydrogen-bond acceptors (Lipinski definition) is 3. The number of aromatic hydroxyl groups is 1. The van der Waals surface area contributed by atoms with E-state index in [1.165, 1.54) is 0 Å². The van der Waals surface area contributed by atoms with Crippen LogP contribution < -0.4 is 5.32 Å². The number of nitrogens with one attached hydrogen (secondary N) is 1. The molecule has 1 saturated heterocycles. The molecule has 4 nitrogen and oxygen atoms in total. The Morgan fingerprint density at radius 1 is 1.59 bits per heavy atom. The average molecular weight is 299 g/mol. The zero-order chi connectivity index (χ0) is 12.4. The van der Waals surface area contributed by atoms with E-state index in [0.29, 0.717) is 12.1 Å². The van der Waals surface area contributed by atoms with E-state index in [4.69, 9.17) is 0 Å². The molecule has 2 N–H and O–H groups in total. The Labute approximate surface area is 109 Å². The first-order valence-electron chi connectivity index (χ1n) is 5.60. The van der Waals surface area contributed by atoms with Crippen LogP contribution in [0.15, 0.2) is 22.7 Å². The number of nitrogens with zero attached hydrogens (tertiary/aromatic N) is 1. The molecule has 0 spiro atoms. The number of benzene rings is 1. The number of piperazine rings is 1. The van der Waals surface area contributed by atoms with Crippen LogP contribution in [0.4, 0.5) is 0 Å². The predicted molar refractivity (Wildman–Crippen MR) is 69.2 cm³/mol. The lowest BCUT2D eigenvalue weighted by Gasteiger charge is -2.34. The molecule has 0 radical (unpaired) electrons. The van der Waals surface area contributed by atoms with E-state index in [0.717, 1.165) is 17.6 Å². The van der Waals surface area contributed by atoms with Crippen LogP contribution in [0.1, 0.15) is 17.3 Å². The van der Waals surface area contributed by atoms with E-state index in [-0.39, 0.29) is 17.7 Å². The molecule has 17 heavy (non-hydrogen) atoms. The SMILES string of the molecule is C[C@H]1CNCCN1C(=O)c1ccc(Br)cc1O. The topological polar surface area (TPSA) is 52.6 Å². The van der Waals surface area contributed by atoms with Crippen LogP contribution in [-0.4, -0.2) is 41.6 Å². The Hall–Kier alpha value is -1.07. The van der Waals surface area contributed by atoms with Crippen LogP contribution >= 0.6 is 15.9 Å². The number of phenolic OH excluding ortho intramolecular Hbond substituents is 1. The summed E-state index contributed by atoms with van der Waals surface area (Å²) in [5.41, 5.74) is 0.363. The Morgan fingerprint density at radius 2 is 2.35 bits per heavy atom. The van der Waals surface area contributed by atoms with Gasteiger partial charge in [0.25, 0.3) is 5.91 Å². The maximum Gasteiger partial charge on any atom is 0.257 e. The Kier molecular flexibility index (Phi) is 3.69. The van der Waals surface area contributed by atoms with E-state index in [1.807, 2.05) is 6.92 Å². The second kappa shape index (κ2) is 5.06. The van der Waals surface area contributed by atoms with Gasteiger partial charge in [0.15, 0.2) is 0 Å². The number of hydrogen-bond donors (Lipinski definition) is 2. The van der Waals surface area contributed by atoms with E-state index in [9.17, 15) is 9.90 Å². The number of phenols is 1. The molecule has 5 heteroatoms. The van der Waals surface area contributed by atoms with Gasteiger partial charge in [-0.1, -0.05) is 15.9 Å². The summed E-state index contributed by atoms with van der Waals surface area (Å²) in [5.74, 6) is -0.0842. The molecule has 2 rings (SSSR count). The van der Waals surface area contributed by atoms with Crippen LogP contribution in [0, 0.1) is 0 Å². The minimum Gasteiger partial charge on any atom is -0.507 e. The van der Waals surface area contributed by atoms with Crippen molar-refractivity contribution in [2.75, 3.05) is 19.6 Å². The van der Waals surface area contributed by atoms with E-state index >= 15 is 0 Å². The van der Waals surface area contributed by atoms with Crippen molar-refractivity contribution in [2.24, 2.45) is 0 Å². The van der Waals surface area contributed by atoms with Crippen molar-refractivity contribution in [1.82, 2.24) is 10.2 Å². The summed E-state index contributed by atoms with van der Waals surface area (Å²) in [6.07, 6.45) is 0. The summed E-state index contributed by atoms with van der Waals surface area (Å²) in [5, 5.41) is 13.0. The molecule has 1 fully saturated rings. The van der Waals surface area contributed by atoms with Gasteiger partial charge in [-0.15, -0.1) is 0 Å². The molecule has 1 amide bonds. The van der Waals surface area contributed by atoms with Crippen molar-refractivity contribution in [3.63, 3.8) is 0 Å². The molecular weight excluding hydrogens is 284 g/mol. The standard InChI is InChI=1S/C12H15BrN2O2/c1-8-7-14-4-5-15(8)12(17)10-3-2-9(13)6-11(10)16/h2-3,6,8,14,16H,4-5,7H2,1H3/t8-/m0/s1. The molecule has 1 heterocycles. The zero-order valence-corrected chi connectivity index (χ0v) is 11.2. The number of carbonyl (C=O) groups excluding carboxylic acids is 1. The highest BCUT2D eigenvalue weighted by atomic mass is 79.9. The molecular formula is C12H15BrN2O2. The van der Waals surface area contributed by atoms with Gasteiger partial charge in [0.2, 0.25) is 0 Å². The van der Waals surface area contributed by atoms with Crippen molar-refractivity contribution in [3.05, 3.63) is 28.2 Å². The molecule has 0 unspecified atom stereocenters. The highest BCUT2D eigenvalue weighted by Crippen LogP contribution is 2.24. The maximum absolute atomic E-state index is 12.3. The molecule has 1 aromatic rings. The smallest absolute Gasteiger partial charge is 0.257 e. The minimum atomic E-state index is -0.107. The van der Waals surface area contributed by atoms with E-state index < -0.39 is 0 Å². The van der Waals surface area contributed by atoms with Crippen LogP contribution in [0.3, 0.4) is 0 Å². The van der Waals surface area contributed by atoms with Crippen LogP contribution in [0.2, 0.25) is 0 Å². The number of rotatable bonds is 1. The Balaban J connectivity index is 2.24. The van der Waals surface area contributed by atoms with Gasteiger partial charge in [0.1, 0.15) is 5.75 Å². The summed E-state index contributed by atoms with van der Waals surface area (Å²) in [7, 11) is 0. The molecule has 1 atom stereocenters. The molecule has 1 aliphatic heterocycles. The van der Waals surface area contributed by atoms with Crippen molar-refractivity contribution < 1.29 is 9.90 Å². The lowest BCUT2D eigenvalue weighted by atomic mass is 10.1. The van der Waals surface area contributed by atoms with Gasteiger partial charge in [-0.25, -0.2) is 0 Å². The van der Waals surface area contributed by atoms with Gasteiger partial charge in [-0.2, -0.15) is 0 Å². The van der Waals surface area contributed by atoms with Crippen molar-refractivity contribution >= 4 is 21.8 Å². The maximum atomic E-state index is 12.3. The summed E-state index contributed by atoms with van der Waals surface area (Å²) in [6.45, 7) is 4.27. The molecule has 0 saturated carbocycles. The number of amides is 1. The van der Waals surface area contributed by atoms with Crippen molar-refractivity contribution in [1.29, 1.82) is 0 Å². The second-order valence-electron chi connectivity index (χ2n) is 4.21. The fraction of sp³-hybridized carbons (Fsp3) is 0.417. The van der Waals surface area contributed by atoms with Crippen LogP contribution in [0.5, 0.6) is 5.75 Å². The van der Waals surface area contributed by atoms with Gasteiger partial charge in [-0.3, -0.25) is 4.79 Å². The molecule has 92 valence electrons. The molecule has 0 bridgehead atoms. The fourth-order valence-corrected chi connectivity index (χ4v) is 2.33. The van der Waals surface area contributed by atoms with Crippen LogP contribution in [0.25, 0.3) is 0 Å². The monoisotopic (exact) mass is 298 g/mol. The van der Waals surface area contributed by atoms with Crippen molar-refractivity contribution in [2.45, 2.75) is 13.0 Å². The van der Waals surface area contributed by atoms with Crippen LogP contribution in [-0.2, 0) is 0 Å². The quantitative estimate of drug-likeness (QED) is 0.828. The van der Waals surface area contributed by atoms with Gasteiger partial charge in [0, 0.05) is 30.1 Å². The Bertz CT molecular complexity index is 437. The third-order valence-electron chi connectivity index (χ3n) is 2.95. The average Bonchev–Trinajstić information content (AvgIpc) is 2.29. The first-order chi connectivity index (χ1) is 8.09. The summed E-state index contributed by atoms with van der Waals surface area (Å²) in [4.78, 5) is 14.1. The van der Waals surface area contributed by atoms with Gasteiger partial charge in [-0.05, 0) is 25.1 Å². The first kappa shape index (κ1) is 12.4. The highest BCUT2D eigenvalue weighted by molar-refractivity contribution is 9.10. The second-order valence-corrected chi connectivity index (χ2v) is 5.13. The molecule has 0 aliphatic carbocycles. The van der Waals surface area contributed by atoms with E-state index in [1.54, 1.807) is 23.1 Å². The van der Waals surface area contributed by atoms with Gasteiger partial charge >= 0.3 is 0 Å². The van der Waals surface area contributed by atoms with E-state index in [2.05, 4.69) is 21.2 Å². The summed E-state index contributed by atoms with van der Waals surface area (Å²) >= 11 is 3.26. The number of carbonyl (C=O) groups is 1. The minimum absolute atomic E-state index is 0.0232. The molecule has 0 aromatic heterocycles. The fourth-order valence-electron chi connectivity index (χ4n) is 1.98. The predicted octanol–water partition coefficient (Wildman–Crippen LogP) is 1.59. The largest absolute Gasteiger partial charge is 0.507 e. The van der Waals surface area contributed by atoms with Gasteiger partial charge in [0.05, 0.1) is 5.56 Å². The molecule has 1 aliphatic rings. The van der Waals surface area contributed by atoms with Gasteiger partial charge < -0.3 is 15.3 Å².